The Labute approximate surface area is 94.8 Å². The topological polar surface area (TPSA) is 48.4 Å². The molecular weight excluding hydrogens is 202 g/mol. The van der Waals surface area contributed by atoms with Gasteiger partial charge in [-0.15, -0.1) is 0 Å². The maximum atomic E-state index is 6.13. The van der Waals surface area contributed by atoms with Crippen molar-refractivity contribution >= 4 is 0 Å². The molecule has 0 aliphatic heterocycles. The lowest BCUT2D eigenvalue weighted by atomic mass is 10.0. The van der Waals surface area contributed by atoms with Gasteiger partial charge in [-0.2, -0.15) is 0 Å². The van der Waals surface area contributed by atoms with E-state index < -0.39 is 0 Å². The predicted molar refractivity (Wildman–Crippen MR) is 62.5 cm³/mol. The number of methoxy groups -OCH3 is 1. The summed E-state index contributed by atoms with van der Waals surface area (Å²) in [6.45, 7) is 2.03. The second kappa shape index (κ2) is 4.41. The first-order chi connectivity index (χ1) is 7.72. The summed E-state index contributed by atoms with van der Waals surface area (Å²) in [5, 5.41) is 0. The molecule has 0 aliphatic carbocycles. The SMILES string of the molecule is COc1ccc(C)cc1C(N)c1ccco1. The predicted octanol–water partition coefficient (Wildman–Crippen LogP) is 2.64. The highest BCUT2D eigenvalue weighted by Crippen LogP contribution is 2.29. The maximum absolute atomic E-state index is 6.13. The third-order valence-electron chi connectivity index (χ3n) is 2.57. The number of ether oxygens (including phenoxy) is 1. The van der Waals surface area contributed by atoms with E-state index in [2.05, 4.69) is 0 Å². The van der Waals surface area contributed by atoms with Crippen LogP contribution in [-0.4, -0.2) is 7.11 Å². The van der Waals surface area contributed by atoms with Gasteiger partial charge in [0.15, 0.2) is 0 Å². The monoisotopic (exact) mass is 217 g/mol. The lowest BCUT2D eigenvalue weighted by Gasteiger charge is -2.14. The Balaban J connectivity index is 2.42. The molecule has 0 saturated heterocycles. The highest BCUT2D eigenvalue weighted by atomic mass is 16.5. The molecule has 1 unspecified atom stereocenters. The van der Waals surface area contributed by atoms with Crippen LogP contribution >= 0.6 is 0 Å². The molecule has 0 aliphatic rings. The summed E-state index contributed by atoms with van der Waals surface area (Å²) in [4.78, 5) is 0. The lowest BCUT2D eigenvalue weighted by Crippen LogP contribution is -2.12. The highest BCUT2D eigenvalue weighted by molar-refractivity contribution is 5.41. The number of aryl methyl sites for hydroxylation is 1. The van der Waals surface area contributed by atoms with Crippen LogP contribution in [0.2, 0.25) is 0 Å². The Morgan fingerprint density at radius 1 is 1.31 bits per heavy atom. The van der Waals surface area contributed by atoms with E-state index in [9.17, 15) is 0 Å². The molecule has 0 spiro atoms. The molecule has 3 nitrogen and oxygen atoms in total. The summed E-state index contributed by atoms with van der Waals surface area (Å²) in [5.41, 5.74) is 8.23. The molecule has 3 heteroatoms. The molecule has 84 valence electrons. The van der Waals surface area contributed by atoms with E-state index in [0.717, 1.165) is 22.6 Å². The van der Waals surface area contributed by atoms with Gasteiger partial charge in [0, 0.05) is 5.56 Å². The van der Waals surface area contributed by atoms with Crippen molar-refractivity contribution < 1.29 is 9.15 Å². The van der Waals surface area contributed by atoms with Gasteiger partial charge in [0.2, 0.25) is 0 Å². The van der Waals surface area contributed by atoms with Crippen LogP contribution in [0.1, 0.15) is 22.9 Å². The number of rotatable bonds is 3. The number of hydrogen-bond acceptors (Lipinski definition) is 3. The summed E-state index contributed by atoms with van der Waals surface area (Å²) in [5.74, 6) is 1.53. The molecule has 1 aromatic carbocycles. The lowest BCUT2D eigenvalue weighted by molar-refractivity contribution is 0.403. The number of furan rings is 1. The van der Waals surface area contributed by atoms with Gasteiger partial charge in [0.25, 0.3) is 0 Å². The summed E-state index contributed by atoms with van der Waals surface area (Å²) in [6.07, 6.45) is 1.62. The summed E-state index contributed by atoms with van der Waals surface area (Å²) in [6, 6.07) is 9.35. The standard InChI is InChI=1S/C13H15NO2/c1-9-5-6-11(15-2)10(8-9)13(14)12-4-3-7-16-12/h3-8,13H,14H2,1-2H3. The van der Waals surface area contributed by atoms with Crippen LogP contribution in [-0.2, 0) is 0 Å². The smallest absolute Gasteiger partial charge is 0.125 e. The van der Waals surface area contributed by atoms with Gasteiger partial charge >= 0.3 is 0 Å². The zero-order valence-corrected chi connectivity index (χ0v) is 9.44. The van der Waals surface area contributed by atoms with Crippen LogP contribution in [0.3, 0.4) is 0 Å². The first-order valence-electron chi connectivity index (χ1n) is 5.16. The quantitative estimate of drug-likeness (QED) is 0.859. The molecule has 1 aromatic heterocycles. The molecule has 16 heavy (non-hydrogen) atoms. The van der Waals surface area contributed by atoms with E-state index in [-0.39, 0.29) is 6.04 Å². The molecule has 2 aromatic rings. The molecule has 2 N–H and O–H groups in total. The molecule has 1 atom stereocenters. The van der Waals surface area contributed by atoms with Crippen LogP contribution in [0.5, 0.6) is 5.75 Å². The number of benzene rings is 1. The van der Waals surface area contributed by atoms with Crippen LogP contribution in [0.4, 0.5) is 0 Å². The van der Waals surface area contributed by atoms with Crippen molar-refractivity contribution in [3.05, 3.63) is 53.5 Å². The summed E-state index contributed by atoms with van der Waals surface area (Å²) >= 11 is 0. The minimum absolute atomic E-state index is 0.287. The van der Waals surface area contributed by atoms with Crippen molar-refractivity contribution in [1.29, 1.82) is 0 Å². The minimum atomic E-state index is -0.287. The Morgan fingerprint density at radius 2 is 2.12 bits per heavy atom. The second-order valence-corrected chi connectivity index (χ2v) is 3.74. The van der Waals surface area contributed by atoms with Crippen molar-refractivity contribution in [1.82, 2.24) is 0 Å². The van der Waals surface area contributed by atoms with Crippen LogP contribution < -0.4 is 10.5 Å². The molecule has 0 saturated carbocycles. The third kappa shape index (κ3) is 1.95. The molecule has 0 radical (unpaired) electrons. The van der Waals surface area contributed by atoms with E-state index in [1.165, 1.54) is 0 Å². The first kappa shape index (κ1) is 10.8. The zero-order valence-electron chi connectivity index (χ0n) is 9.44. The zero-order chi connectivity index (χ0) is 11.5. The van der Waals surface area contributed by atoms with Gasteiger partial charge in [-0.25, -0.2) is 0 Å². The normalized spacial score (nSPS) is 12.4. The van der Waals surface area contributed by atoms with Gasteiger partial charge in [-0.1, -0.05) is 17.7 Å². The van der Waals surface area contributed by atoms with Crippen molar-refractivity contribution in [2.45, 2.75) is 13.0 Å². The van der Waals surface area contributed by atoms with Crippen molar-refractivity contribution in [2.75, 3.05) is 7.11 Å². The molecule has 2 rings (SSSR count). The highest BCUT2D eigenvalue weighted by Gasteiger charge is 2.16. The van der Waals surface area contributed by atoms with Gasteiger partial charge in [-0.05, 0) is 25.1 Å². The molecular formula is C13H15NO2. The molecule has 0 amide bonds. The molecule has 0 fully saturated rings. The Kier molecular flexibility index (Phi) is 2.97. The summed E-state index contributed by atoms with van der Waals surface area (Å²) < 4.78 is 10.6. The molecule has 1 heterocycles. The average Bonchev–Trinajstić information content (AvgIpc) is 2.81. The minimum Gasteiger partial charge on any atom is -0.496 e. The maximum Gasteiger partial charge on any atom is 0.125 e. The van der Waals surface area contributed by atoms with Gasteiger partial charge in [-0.3, -0.25) is 0 Å². The van der Waals surface area contributed by atoms with Gasteiger partial charge in [0.1, 0.15) is 11.5 Å². The Morgan fingerprint density at radius 3 is 2.75 bits per heavy atom. The van der Waals surface area contributed by atoms with E-state index in [1.54, 1.807) is 13.4 Å². The Hall–Kier alpha value is -1.74. The van der Waals surface area contributed by atoms with Crippen molar-refractivity contribution in [3.63, 3.8) is 0 Å². The fourth-order valence-electron chi connectivity index (χ4n) is 1.72. The molecule has 0 bridgehead atoms. The van der Waals surface area contributed by atoms with Gasteiger partial charge < -0.3 is 14.9 Å². The van der Waals surface area contributed by atoms with Crippen LogP contribution in [0.25, 0.3) is 0 Å². The number of nitrogens with two attached hydrogens (primary N) is 1. The van der Waals surface area contributed by atoms with Crippen molar-refractivity contribution in [2.24, 2.45) is 5.73 Å². The van der Waals surface area contributed by atoms with Crippen LogP contribution in [0, 0.1) is 6.92 Å². The van der Waals surface area contributed by atoms with E-state index in [4.69, 9.17) is 14.9 Å². The Bertz CT molecular complexity index is 463. The third-order valence-corrected chi connectivity index (χ3v) is 2.57. The second-order valence-electron chi connectivity index (χ2n) is 3.74. The summed E-state index contributed by atoms with van der Waals surface area (Å²) in [7, 11) is 1.64. The van der Waals surface area contributed by atoms with Crippen molar-refractivity contribution in [3.8, 4) is 5.75 Å². The van der Waals surface area contributed by atoms with Crippen LogP contribution in [0.15, 0.2) is 41.0 Å². The van der Waals surface area contributed by atoms with E-state index in [0.29, 0.717) is 0 Å². The van der Waals surface area contributed by atoms with E-state index >= 15 is 0 Å². The van der Waals surface area contributed by atoms with E-state index in [1.807, 2.05) is 37.3 Å². The van der Waals surface area contributed by atoms with Gasteiger partial charge in [0.05, 0.1) is 19.4 Å². The first-order valence-corrected chi connectivity index (χ1v) is 5.16. The fourth-order valence-corrected chi connectivity index (χ4v) is 1.72. The fraction of sp³-hybridized carbons (Fsp3) is 0.231. The average molecular weight is 217 g/mol. The largest absolute Gasteiger partial charge is 0.496 e. The number of hydrogen-bond donors (Lipinski definition) is 1.